The maximum Gasteiger partial charge on any atom is 0.255 e. The predicted molar refractivity (Wildman–Crippen MR) is 153 cm³/mol. The van der Waals surface area contributed by atoms with Gasteiger partial charge in [0.15, 0.2) is 0 Å². The van der Waals surface area contributed by atoms with Crippen LogP contribution in [0.15, 0.2) is 60.7 Å². The van der Waals surface area contributed by atoms with Crippen LogP contribution in [0.3, 0.4) is 0 Å². The van der Waals surface area contributed by atoms with Crippen molar-refractivity contribution >= 4 is 11.8 Å². The highest BCUT2D eigenvalue weighted by Crippen LogP contribution is 2.28. The van der Waals surface area contributed by atoms with Crippen LogP contribution in [0.25, 0.3) is 0 Å². The first-order valence-corrected chi connectivity index (χ1v) is 13.9. The summed E-state index contributed by atoms with van der Waals surface area (Å²) >= 11 is 0. The average molecular weight is 566 g/mol. The molecule has 0 saturated heterocycles. The summed E-state index contributed by atoms with van der Waals surface area (Å²) in [4.78, 5) is 27.5. The number of aliphatic hydroxyl groups is 1. The third-order valence-electron chi connectivity index (χ3n) is 7.45. The number of rotatable bonds is 13. The molecule has 218 valence electrons. The standard InChI is InChI=1S/C32H37F2N3O4/c1-3-20-5-4-6-22(11-20)17-35-19-30(39)28(14-23-12-25(33)16-26(34)13-23)37(2)32(41)24-9-10-29(38)27(15-24)31(40)36-18-21-7-8-21/h4-6,9-13,15-16,21,28,30,35,38-39H,3,7-8,14,17-19H2,1-2H3,(H,36,40)/t28-,30+/m0/s1. The number of aliphatic hydroxyl groups excluding tert-OH is 1. The van der Waals surface area contributed by atoms with Crippen molar-refractivity contribution in [1.29, 1.82) is 0 Å². The fraction of sp³-hybridized carbons (Fsp3) is 0.375. The number of nitrogens with zero attached hydrogens (tertiary/aromatic N) is 1. The molecule has 3 aromatic rings. The van der Waals surface area contributed by atoms with Crippen molar-refractivity contribution in [2.75, 3.05) is 20.1 Å². The van der Waals surface area contributed by atoms with Crippen molar-refractivity contribution in [3.8, 4) is 5.75 Å². The lowest BCUT2D eigenvalue weighted by atomic mass is 9.98. The number of hydrogen-bond acceptors (Lipinski definition) is 5. The van der Waals surface area contributed by atoms with E-state index in [-0.39, 0.29) is 35.4 Å². The Morgan fingerprint density at radius 2 is 1.71 bits per heavy atom. The Bertz CT molecular complexity index is 1360. The number of halogens is 2. The molecule has 0 bridgehead atoms. The van der Waals surface area contributed by atoms with Crippen molar-refractivity contribution in [2.45, 2.75) is 51.3 Å². The van der Waals surface area contributed by atoms with Crippen LogP contribution in [0, 0.1) is 17.6 Å². The highest BCUT2D eigenvalue weighted by Gasteiger charge is 2.29. The lowest BCUT2D eigenvalue weighted by molar-refractivity contribution is 0.0440. The van der Waals surface area contributed by atoms with Crippen molar-refractivity contribution in [3.63, 3.8) is 0 Å². The number of phenols is 1. The van der Waals surface area contributed by atoms with Gasteiger partial charge in [0.25, 0.3) is 11.8 Å². The van der Waals surface area contributed by atoms with E-state index >= 15 is 0 Å². The van der Waals surface area contributed by atoms with Crippen molar-refractivity contribution in [1.82, 2.24) is 15.5 Å². The van der Waals surface area contributed by atoms with Gasteiger partial charge in [-0.05, 0) is 78.6 Å². The topological polar surface area (TPSA) is 102 Å². The fourth-order valence-electron chi connectivity index (χ4n) is 4.82. The Morgan fingerprint density at radius 1 is 1.00 bits per heavy atom. The second kappa shape index (κ2) is 13.7. The average Bonchev–Trinajstić information content (AvgIpc) is 3.78. The Labute approximate surface area is 239 Å². The van der Waals surface area contributed by atoms with Gasteiger partial charge in [0.2, 0.25) is 0 Å². The minimum Gasteiger partial charge on any atom is -0.507 e. The van der Waals surface area contributed by atoms with Gasteiger partial charge in [-0.2, -0.15) is 0 Å². The third kappa shape index (κ3) is 8.34. The number of benzene rings is 3. The van der Waals surface area contributed by atoms with E-state index in [1.54, 1.807) is 0 Å². The lowest BCUT2D eigenvalue weighted by Gasteiger charge is -2.33. The zero-order valence-corrected chi connectivity index (χ0v) is 23.4. The molecule has 0 spiro atoms. The van der Waals surface area contributed by atoms with Gasteiger partial charge in [0.05, 0.1) is 17.7 Å². The Kier molecular flexibility index (Phi) is 10.1. The van der Waals surface area contributed by atoms with Crippen LogP contribution in [-0.4, -0.2) is 59.2 Å². The second-order valence-electron chi connectivity index (χ2n) is 10.7. The van der Waals surface area contributed by atoms with E-state index in [9.17, 15) is 28.6 Å². The highest BCUT2D eigenvalue weighted by atomic mass is 19.1. The number of hydrogen-bond donors (Lipinski definition) is 4. The summed E-state index contributed by atoms with van der Waals surface area (Å²) in [5, 5.41) is 27.5. The quantitative estimate of drug-likeness (QED) is 0.249. The number of likely N-dealkylation sites (N-methyl/N-ethyl adjacent to an activating group) is 1. The predicted octanol–water partition coefficient (Wildman–Crippen LogP) is 4.21. The first kappa shape index (κ1) is 30.1. The third-order valence-corrected chi connectivity index (χ3v) is 7.45. The molecular weight excluding hydrogens is 528 g/mol. The molecule has 0 aromatic heterocycles. The molecule has 0 radical (unpaired) electrons. The van der Waals surface area contributed by atoms with Gasteiger partial charge >= 0.3 is 0 Å². The van der Waals surface area contributed by atoms with E-state index in [4.69, 9.17) is 0 Å². The number of phenolic OH excluding ortho intramolecular Hbond substituents is 1. The zero-order chi connectivity index (χ0) is 29.5. The summed E-state index contributed by atoms with van der Waals surface area (Å²) in [6.07, 6.45) is 1.89. The van der Waals surface area contributed by atoms with E-state index in [0.29, 0.717) is 19.0 Å². The summed E-state index contributed by atoms with van der Waals surface area (Å²) in [5.41, 5.74) is 2.63. The molecule has 0 aliphatic heterocycles. The lowest BCUT2D eigenvalue weighted by Crippen LogP contribution is -2.49. The summed E-state index contributed by atoms with van der Waals surface area (Å²) < 4.78 is 27.9. The van der Waals surface area contributed by atoms with Gasteiger partial charge in [-0.3, -0.25) is 9.59 Å². The summed E-state index contributed by atoms with van der Waals surface area (Å²) in [5.74, 6) is -2.31. The molecule has 4 rings (SSSR count). The molecule has 2 amide bonds. The van der Waals surface area contributed by atoms with Gasteiger partial charge in [-0.1, -0.05) is 31.2 Å². The maximum atomic E-state index is 14.0. The summed E-state index contributed by atoms with van der Waals surface area (Å²) in [6, 6.07) is 14.3. The monoisotopic (exact) mass is 565 g/mol. The molecular formula is C32H37F2N3O4. The Balaban J connectivity index is 1.51. The number of aromatic hydroxyl groups is 1. The van der Waals surface area contributed by atoms with Gasteiger partial charge in [-0.15, -0.1) is 0 Å². The molecule has 0 heterocycles. The largest absolute Gasteiger partial charge is 0.507 e. The number of carbonyl (C=O) groups excluding carboxylic acids is 2. The van der Waals surface area contributed by atoms with Crippen molar-refractivity contribution in [3.05, 3.63) is 100 Å². The number of amides is 2. The van der Waals surface area contributed by atoms with Crippen LogP contribution in [-0.2, 0) is 19.4 Å². The number of aryl methyl sites for hydroxylation is 1. The van der Waals surface area contributed by atoms with Gasteiger partial charge in [0.1, 0.15) is 17.4 Å². The molecule has 9 heteroatoms. The highest BCUT2D eigenvalue weighted by molar-refractivity contribution is 6.01. The van der Waals surface area contributed by atoms with Crippen LogP contribution in [0.4, 0.5) is 8.78 Å². The van der Waals surface area contributed by atoms with Crippen molar-refractivity contribution < 1.29 is 28.6 Å². The summed E-state index contributed by atoms with van der Waals surface area (Å²) in [7, 11) is 1.50. The van der Waals surface area contributed by atoms with Gasteiger partial charge in [-0.25, -0.2) is 8.78 Å². The van der Waals surface area contributed by atoms with E-state index in [1.165, 1.54) is 47.8 Å². The summed E-state index contributed by atoms with van der Waals surface area (Å²) in [6.45, 7) is 3.17. The maximum absolute atomic E-state index is 14.0. The molecule has 1 aliphatic rings. The first-order chi connectivity index (χ1) is 19.6. The van der Waals surface area contributed by atoms with Crippen LogP contribution in [0.2, 0.25) is 0 Å². The van der Waals surface area contributed by atoms with Crippen molar-refractivity contribution in [2.24, 2.45) is 5.92 Å². The Hall–Kier alpha value is -3.82. The van der Waals surface area contributed by atoms with Crippen LogP contribution in [0.1, 0.15) is 57.2 Å². The first-order valence-electron chi connectivity index (χ1n) is 13.9. The molecule has 1 saturated carbocycles. The van der Waals surface area contributed by atoms with E-state index in [2.05, 4.69) is 23.6 Å². The molecule has 0 unspecified atom stereocenters. The minimum absolute atomic E-state index is 0.0160. The van der Waals surface area contributed by atoms with Crippen LogP contribution >= 0.6 is 0 Å². The van der Waals surface area contributed by atoms with Crippen LogP contribution < -0.4 is 10.6 Å². The molecule has 41 heavy (non-hydrogen) atoms. The van der Waals surface area contributed by atoms with Crippen LogP contribution in [0.5, 0.6) is 5.75 Å². The van der Waals surface area contributed by atoms with Gasteiger partial charge < -0.3 is 25.7 Å². The second-order valence-corrected chi connectivity index (χ2v) is 10.7. The van der Waals surface area contributed by atoms with E-state index < -0.39 is 35.6 Å². The minimum atomic E-state index is -1.09. The molecule has 7 nitrogen and oxygen atoms in total. The van der Waals surface area contributed by atoms with E-state index in [1.807, 2.05) is 18.2 Å². The number of nitrogens with one attached hydrogen (secondary N) is 2. The smallest absolute Gasteiger partial charge is 0.255 e. The molecule has 1 fully saturated rings. The fourth-order valence-corrected chi connectivity index (χ4v) is 4.82. The molecule has 4 N–H and O–H groups in total. The van der Waals surface area contributed by atoms with Gasteiger partial charge in [0, 0.05) is 38.3 Å². The molecule has 3 aromatic carbocycles. The number of carbonyl (C=O) groups is 2. The van der Waals surface area contributed by atoms with E-state index in [0.717, 1.165) is 30.9 Å². The SMILES string of the molecule is CCc1cccc(CNC[C@@H](O)[C@H](Cc2cc(F)cc(F)c2)N(C)C(=O)c2ccc(O)c(C(=O)NCC3CC3)c2)c1. The molecule has 2 atom stereocenters. The molecule has 1 aliphatic carbocycles. The Morgan fingerprint density at radius 3 is 2.39 bits per heavy atom. The zero-order valence-electron chi connectivity index (χ0n) is 23.4. The normalized spacial score (nSPS) is 14.4.